The Labute approximate surface area is 198 Å². The van der Waals surface area contributed by atoms with Gasteiger partial charge in [0, 0.05) is 36.6 Å². The summed E-state index contributed by atoms with van der Waals surface area (Å²) in [5.41, 5.74) is 3.57. The number of aryl methyl sites for hydroxylation is 1. The fourth-order valence-electron chi connectivity index (χ4n) is 4.34. The topological polar surface area (TPSA) is 73.2 Å². The van der Waals surface area contributed by atoms with Gasteiger partial charge in [-0.05, 0) is 48.7 Å². The second kappa shape index (κ2) is 9.51. The van der Waals surface area contributed by atoms with Crippen LogP contribution < -0.4 is 15.6 Å². The number of carbonyl (C=O) groups is 1. The smallest absolute Gasteiger partial charge is 0.261 e. The van der Waals surface area contributed by atoms with Crippen molar-refractivity contribution in [2.45, 2.75) is 38.1 Å². The number of hydrogen-bond acceptors (Lipinski definition) is 4. The molecule has 0 spiro atoms. The summed E-state index contributed by atoms with van der Waals surface area (Å²) in [5, 5.41) is 3.63. The molecule has 4 aromatic rings. The highest BCUT2D eigenvalue weighted by atomic mass is 16.5. The number of nitrogens with zero attached hydrogens (tertiary/aromatic N) is 2. The summed E-state index contributed by atoms with van der Waals surface area (Å²) in [4.78, 5) is 30.5. The van der Waals surface area contributed by atoms with Gasteiger partial charge in [0.2, 0.25) is 5.91 Å². The lowest BCUT2D eigenvalue weighted by Crippen LogP contribution is -2.25. The van der Waals surface area contributed by atoms with E-state index in [0.717, 1.165) is 29.8 Å². The highest BCUT2D eigenvalue weighted by Gasteiger charge is 2.28. The summed E-state index contributed by atoms with van der Waals surface area (Å²) in [5.74, 6) is 1.36. The molecule has 34 heavy (non-hydrogen) atoms. The van der Waals surface area contributed by atoms with Gasteiger partial charge in [-0.3, -0.25) is 14.2 Å². The molecule has 1 aliphatic carbocycles. The van der Waals surface area contributed by atoms with Crippen molar-refractivity contribution < 1.29 is 9.53 Å². The molecular weight excluding hydrogens is 426 g/mol. The van der Waals surface area contributed by atoms with E-state index in [1.165, 1.54) is 5.56 Å². The molecule has 0 aliphatic heterocycles. The van der Waals surface area contributed by atoms with Crippen LogP contribution in [0.15, 0.2) is 77.6 Å². The number of benzene rings is 3. The molecule has 0 bridgehead atoms. The standard InChI is InChI=1S/C28H27N3O3/c1-34-25-14-11-21(18-20(25)17-19-7-3-2-4-8-19)29-27(32)16-15-26-30-24-10-6-5-9-23(24)28(33)31(26)22-12-13-22/h2-11,14,18,22H,12-13,15-17H2,1H3,(H,29,32). The van der Waals surface area contributed by atoms with Gasteiger partial charge in [0.1, 0.15) is 11.6 Å². The highest BCUT2D eigenvalue weighted by Crippen LogP contribution is 2.35. The lowest BCUT2D eigenvalue weighted by Gasteiger charge is -2.14. The van der Waals surface area contributed by atoms with Crippen LogP contribution in [0, 0.1) is 0 Å². The maximum Gasteiger partial charge on any atom is 0.261 e. The zero-order valence-electron chi connectivity index (χ0n) is 19.2. The minimum Gasteiger partial charge on any atom is -0.496 e. The van der Waals surface area contributed by atoms with Crippen molar-refractivity contribution in [3.63, 3.8) is 0 Å². The predicted octanol–water partition coefficient (Wildman–Crippen LogP) is 4.90. The van der Waals surface area contributed by atoms with Crippen molar-refractivity contribution >= 4 is 22.5 Å². The van der Waals surface area contributed by atoms with Crippen LogP contribution in [0.25, 0.3) is 10.9 Å². The Kier molecular flexibility index (Phi) is 6.12. The van der Waals surface area contributed by atoms with E-state index in [1.807, 2.05) is 60.7 Å². The Bertz CT molecular complexity index is 1390. The number of amides is 1. The Morgan fingerprint density at radius 1 is 1.06 bits per heavy atom. The normalized spacial score (nSPS) is 13.1. The number of ether oxygens (including phenoxy) is 1. The molecule has 1 amide bonds. The minimum atomic E-state index is -0.111. The first-order valence-electron chi connectivity index (χ1n) is 11.6. The molecule has 1 N–H and O–H groups in total. The van der Waals surface area contributed by atoms with Crippen LogP contribution in [0.2, 0.25) is 0 Å². The van der Waals surface area contributed by atoms with Crippen LogP contribution in [-0.4, -0.2) is 22.6 Å². The molecule has 1 aliphatic rings. The van der Waals surface area contributed by atoms with Crippen molar-refractivity contribution in [3.05, 3.63) is 100 Å². The van der Waals surface area contributed by atoms with Gasteiger partial charge in [0.05, 0.1) is 18.0 Å². The monoisotopic (exact) mass is 453 g/mol. The van der Waals surface area contributed by atoms with Gasteiger partial charge in [0.25, 0.3) is 5.56 Å². The van der Waals surface area contributed by atoms with Crippen molar-refractivity contribution in [2.75, 3.05) is 12.4 Å². The zero-order chi connectivity index (χ0) is 23.5. The number of fused-ring (bicyclic) bond motifs is 1. The molecule has 0 unspecified atom stereocenters. The molecule has 3 aromatic carbocycles. The van der Waals surface area contributed by atoms with Crippen LogP contribution in [0.3, 0.4) is 0 Å². The average molecular weight is 454 g/mol. The fraction of sp³-hybridized carbons (Fsp3) is 0.250. The van der Waals surface area contributed by atoms with E-state index in [2.05, 4.69) is 17.4 Å². The van der Waals surface area contributed by atoms with Crippen LogP contribution in [0.5, 0.6) is 5.75 Å². The predicted molar refractivity (Wildman–Crippen MR) is 133 cm³/mol. The summed E-state index contributed by atoms with van der Waals surface area (Å²) in [6, 6.07) is 23.4. The summed E-state index contributed by atoms with van der Waals surface area (Å²) in [6.07, 6.45) is 3.33. The number of aromatic nitrogens is 2. The molecular formula is C28H27N3O3. The van der Waals surface area contributed by atoms with Gasteiger partial charge in [0.15, 0.2) is 0 Å². The Morgan fingerprint density at radius 3 is 2.59 bits per heavy atom. The molecule has 0 saturated heterocycles. The van der Waals surface area contributed by atoms with Crippen molar-refractivity contribution in [2.24, 2.45) is 0 Å². The van der Waals surface area contributed by atoms with Crippen molar-refractivity contribution in [1.29, 1.82) is 0 Å². The van der Waals surface area contributed by atoms with Crippen LogP contribution in [-0.2, 0) is 17.6 Å². The molecule has 6 heteroatoms. The summed E-state index contributed by atoms with van der Waals surface area (Å²) >= 11 is 0. The van der Waals surface area contributed by atoms with Gasteiger partial charge < -0.3 is 10.1 Å². The minimum absolute atomic E-state index is 0.00998. The largest absolute Gasteiger partial charge is 0.496 e. The van der Waals surface area contributed by atoms with Gasteiger partial charge in [-0.15, -0.1) is 0 Å². The molecule has 1 aromatic heterocycles. The van der Waals surface area contributed by atoms with Gasteiger partial charge in [-0.25, -0.2) is 4.98 Å². The third-order valence-corrected chi connectivity index (χ3v) is 6.17. The Hall–Kier alpha value is -3.93. The van der Waals surface area contributed by atoms with Crippen LogP contribution in [0.1, 0.15) is 42.3 Å². The third kappa shape index (κ3) is 4.71. The SMILES string of the molecule is COc1ccc(NC(=O)CCc2nc3ccccc3c(=O)n2C2CC2)cc1Cc1ccccc1. The van der Waals surface area contributed by atoms with Crippen LogP contribution in [0.4, 0.5) is 5.69 Å². The quantitative estimate of drug-likeness (QED) is 0.412. The number of anilines is 1. The van der Waals surface area contributed by atoms with E-state index < -0.39 is 0 Å². The lowest BCUT2D eigenvalue weighted by molar-refractivity contribution is -0.116. The number of carbonyl (C=O) groups excluding carboxylic acids is 1. The van der Waals surface area contributed by atoms with Gasteiger partial charge in [-0.1, -0.05) is 42.5 Å². The average Bonchev–Trinajstić information content (AvgIpc) is 3.69. The zero-order valence-corrected chi connectivity index (χ0v) is 19.2. The number of nitrogens with one attached hydrogen (secondary N) is 1. The van der Waals surface area contributed by atoms with E-state index in [4.69, 9.17) is 9.72 Å². The van der Waals surface area contributed by atoms with E-state index in [1.54, 1.807) is 11.7 Å². The highest BCUT2D eigenvalue weighted by molar-refractivity contribution is 5.91. The maximum absolute atomic E-state index is 13.0. The molecule has 0 radical (unpaired) electrons. The van der Waals surface area contributed by atoms with E-state index in [9.17, 15) is 9.59 Å². The van der Waals surface area contributed by atoms with Crippen LogP contribution >= 0.6 is 0 Å². The maximum atomic E-state index is 13.0. The molecule has 5 rings (SSSR count). The first-order valence-corrected chi connectivity index (χ1v) is 11.6. The number of para-hydroxylation sites is 1. The molecule has 1 heterocycles. The lowest BCUT2D eigenvalue weighted by atomic mass is 10.0. The molecule has 1 saturated carbocycles. The molecule has 172 valence electrons. The van der Waals surface area contributed by atoms with E-state index in [0.29, 0.717) is 29.6 Å². The summed E-state index contributed by atoms with van der Waals surface area (Å²) in [6.45, 7) is 0. The summed E-state index contributed by atoms with van der Waals surface area (Å²) < 4.78 is 7.31. The Balaban J connectivity index is 1.32. The number of rotatable bonds is 8. The summed E-state index contributed by atoms with van der Waals surface area (Å²) in [7, 11) is 1.65. The Morgan fingerprint density at radius 2 is 1.82 bits per heavy atom. The van der Waals surface area contributed by atoms with Crippen molar-refractivity contribution in [3.8, 4) is 5.75 Å². The number of methoxy groups -OCH3 is 1. The third-order valence-electron chi connectivity index (χ3n) is 6.17. The number of hydrogen-bond donors (Lipinski definition) is 1. The van der Waals surface area contributed by atoms with Gasteiger partial charge >= 0.3 is 0 Å². The second-order valence-corrected chi connectivity index (χ2v) is 8.69. The second-order valence-electron chi connectivity index (χ2n) is 8.69. The van der Waals surface area contributed by atoms with Crippen molar-refractivity contribution in [1.82, 2.24) is 9.55 Å². The molecule has 0 atom stereocenters. The van der Waals surface area contributed by atoms with E-state index in [-0.39, 0.29) is 23.9 Å². The van der Waals surface area contributed by atoms with E-state index >= 15 is 0 Å². The van der Waals surface area contributed by atoms with Gasteiger partial charge in [-0.2, -0.15) is 0 Å². The first-order chi connectivity index (χ1) is 16.6. The fourth-order valence-corrected chi connectivity index (χ4v) is 4.34. The molecule has 6 nitrogen and oxygen atoms in total. The first kappa shape index (κ1) is 21.9. The molecule has 1 fully saturated rings.